The average molecular weight is 285 g/mol. The first-order valence-corrected chi connectivity index (χ1v) is 7.45. The molecule has 110 valence electrons. The SMILES string of the molecule is O=C1[C@H]2CC=CC[C@@H]2C(=O)N1CCCOc1ccccc1. The van der Waals surface area contributed by atoms with Crippen LogP contribution in [-0.2, 0) is 9.59 Å². The predicted molar refractivity (Wildman–Crippen MR) is 78.6 cm³/mol. The van der Waals surface area contributed by atoms with Gasteiger partial charge in [-0.15, -0.1) is 0 Å². The van der Waals surface area contributed by atoms with Gasteiger partial charge >= 0.3 is 0 Å². The van der Waals surface area contributed by atoms with Crippen molar-refractivity contribution in [2.75, 3.05) is 13.2 Å². The Kier molecular flexibility index (Phi) is 4.04. The molecule has 0 spiro atoms. The largest absolute Gasteiger partial charge is 0.494 e. The lowest BCUT2D eigenvalue weighted by Crippen LogP contribution is -2.32. The Morgan fingerprint density at radius 3 is 2.24 bits per heavy atom. The van der Waals surface area contributed by atoms with Crippen molar-refractivity contribution in [2.45, 2.75) is 19.3 Å². The van der Waals surface area contributed by atoms with Crippen molar-refractivity contribution >= 4 is 11.8 Å². The van der Waals surface area contributed by atoms with Crippen molar-refractivity contribution in [3.63, 3.8) is 0 Å². The third kappa shape index (κ3) is 2.84. The standard InChI is InChI=1S/C17H19NO3/c19-16-14-9-4-5-10-15(14)17(20)18(16)11-6-12-21-13-7-2-1-3-8-13/h1-5,7-8,14-15H,6,9-12H2/t14-,15-/m0/s1. The number of hydrogen-bond donors (Lipinski definition) is 0. The second kappa shape index (κ2) is 6.12. The van der Waals surface area contributed by atoms with Gasteiger partial charge in [-0.05, 0) is 31.4 Å². The van der Waals surface area contributed by atoms with Gasteiger partial charge in [0.05, 0.1) is 18.4 Å². The summed E-state index contributed by atoms with van der Waals surface area (Å²) >= 11 is 0. The zero-order valence-corrected chi connectivity index (χ0v) is 11.9. The molecule has 21 heavy (non-hydrogen) atoms. The summed E-state index contributed by atoms with van der Waals surface area (Å²) < 4.78 is 5.59. The van der Waals surface area contributed by atoms with Gasteiger partial charge in [0.25, 0.3) is 0 Å². The summed E-state index contributed by atoms with van der Waals surface area (Å²) in [5.74, 6) is 0.549. The minimum absolute atomic E-state index is 0.00550. The van der Waals surface area contributed by atoms with Crippen molar-refractivity contribution in [1.29, 1.82) is 0 Å². The molecule has 1 aliphatic heterocycles. The maximum atomic E-state index is 12.2. The molecule has 4 heteroatoms. The summed E-state index contributed by atoms with van der Waals surface area (Å²) in [5.41, 5.74) is 0. The molecule has 2 amide bonds. The fourth-order valence-corrected chi connectivity index (χ4v) is 3.02. The van der Waals surface area contributed by atoms with E-state index in [2.05, 4.69) is 0 Å². The Morgan fingerprint density at radius 1 is 1.00 bits per heavy atom. The van der Waals surface area contributed by atoms with E-state index in [1.807, 2.05) is 42.5 Å². The number of hydrogen-bond acceptors (Lipinski definition) is 3. The number of likely N-dealkylation sites (tertiary alicyclic amines) is 1. The van der Waals surface area contributed by atoms with Crippen molar-refractivity contribution in [3.05, 3.63) is 42.5 Å². The van der Waals surface area contributed by atoms with E-state index in [0.717, 1.165) is 5.75 Å². The number of carbonyl (C=O) groups excluding carboxylic acids is 2. The topological polar surface area (TPSA) is 46.6 Å². The third-order valence-electron chi connectivity index (χ3n) is 4.14. The van der Waals surface area contributed by atoms with Gasteiger partial charge in [0.15, 0.2) is 0 Å². The van der Waals surface area contributed by atoms with Crippen LogP contribution in [0.25, 0.3) is 0 Å². The molecule has 0 N–H and O–H groups in total. The number of rotatable bonds is 5. The highest BCUT2D eigenvalue weighted by atomic mass is 16.5. The van der Waals surface area contributed by atoms with E-state index in [1.54, 1.807) is 0 Å². The summed E-state index contributed by atoms with van der Waals surface area (Å²) in [5, 5.41) is 0. The van der Waals surface area contributed by atoms with Gasteiger partial charge in [0, 0.05) is 6.54 Å². The number of fused-ring (bicyclic) bond motifs is 1. The van der Waals surface area contributed by atoms with Gasteiger partial charge in [-0.25, -0.2) is 0 Å². The molecule has 1 aliphatic carbocycles. The van der Waals surface area contributed by atoms with E-state index in [1.165, 1.54) is 4.90 Å². The van der Waals surface area contributed by atoms with Crippen LogP contribution in [0.5, 0.6) is 5.75 Å². The highest BCUT2D eigenvalue weighted by molar-refractivity contribution is 6.05. The molecule has 3 rings (SSSR count). The highest BCUT2D eigenvalue weighted by Crippen LogP contribution is 2.34. The number of amides is 2. The molecular weight excluding hydrogens is 266 g/mol. The smallest absolute Gasteiger partial charge is 0.233 e. The van der Waals surface area contributed by atoms with Crippen LogP contribution in [0, 0.1) is 11.8 Å². The fraction of sp³-hybridized carbons (Fsp3) is 0.412. The average Bonchev–Trinajstić information content (AvgIpc) is 2.77. The number of allylic oxidation sites excluding steroid dienone is 2. The molecule has 1 aromatic carbocycles. The van der Waals surface area contributed by atoms with Gasteiger partial charge in [-0.1, -0.05) is 30.4 Å². The number of imide groups is 1. The molecule has 1 heterocycles. The Labute approximate surface area is 124 Å². The number of para-hydroxylation sites is 1. The van der Waals surface area contributed by atoms with E-state index in [0.29, 0.717) is 32.4 Å². The highest BCUT2D eigenvalue weighted by Gasteiger charge is 2.46. The number of benzene rings is 1. The Bertz CT molecular complexity index is 526. The van der Waals surface area contributed by atoms with E-state index >= 15 is 0 Å². The maximum Gasteiger partial charge on any atom is 0.233 e. The predicted octanol–water partition coefficient (Wildman–Crippen LogP) is 2.41. The first-order chi connectivity index (χ1) is 10.3. The summed E-state index contributed by atoms with van der Waals surface area (Å²) in [6.45, 7) is 0.964. The van der Waals surface area contributed by atoms with Crippen LogP contribution in [0.3, 0.4) is 0 Å². The van der Waals surface area contributed by atoms with Crippen molar-refractivity contribution in [2.24, 2.45) is 11.8 Å². The molecule has 0 unspecified atom stereocenters. The summed E-state index contributed by atoms with van der Waals surface area (Å²) in [6.07, 6.45) is 6.08. The third-order valence-corrected chi connectivity index (χ3v) is 4.14. The second-order valence-corrected chi connectivity index (χ2v) is 5.50. The van der Waals surface area contributed by atoms with Crippen LogP contribution in [-0.4, -0.2) is 29.9 Å². The van der Waals surface area contributed by atoms with Crippen LogP contribution in [0.4, 0.5) is 0 Å². The van der Waals surface area contributed by atoms with Crippen LogP contribution < -0.4 is 4.74 Å². The molecule has 0 saturated carbocycles. The van der Waals surface area contributed by atoms with E-state index in [9.17, 15) is 9.59 Å². The zero-order valence-electron chi connectivity index (χ0n) is 11.9. The van der Waals surface area contributed by atoms with Gasteiger partial charge < -0.3 is 4.74 Å². The maximum absolute atomic E-state index is 12.2. The van der Waals surface area contributed by atoms with Gasteiger partial charge in [0.1, 0.15) is 5.75 Å². The minimum Gasteiger partial charge on any atom is -0.494 e. The Balaban J connectivity index is 1.49. The molecular formula is C17H19NO3. The summed E-state index contributed by atoms with van der Waals surface area (Å²) in [6, 6.07) is 9.56. The molecule has 0 radical (unpaired) electrons. The number of carbonyl (C=O) groups is 2. The van der Waals surface area contributed by atoms with Crippen LogP contribution in [0.15, 0.2) is 42.5 Å². The van der Waals surface area contributed by atoms with Crippen LogP contribution in [0.1, 0.15) is 19.3 Å². The molecule has 2 aliphatic rings. The first-order valence-electron chi connectivity index (χ1n) is 7.45. The quantitative estimate of drug-likeness (QED) is 0.474. The normalized spacial score (nSPS) is 24.3. The lowest BCUT2D eigenvalue weighted by Gasteiger charge is -2.14. The van der Waals surface area contributed by atoms with Gasteiger partial charge in [-0.3, -0.25) is 14.5 Å². The molecule has 2 atom stereocenters. The Hall–Kier alpha value is -2.10. The first kappa shape index (κ1) is 13.9. The van der Waals surface area contributed by atoms with Crippen LogP contribution >= 0.6 is 0 Å². The number of nitrogens with zero attached hydrogens (tertiary/aromatic N) is 1. The molecule has 0 bridgehead atoms. The van der Waals surface area contributed by atoms with E-state index in [4.69, 9.17) is 4.74 Å². The van der Waals surface area contributed by atoms with Crippen molar-refractivity contribution < 1.29 is 14.3 Å². The van der Waals surface area contributed by atoms with E-state index < -0.39 is 0 Å². The van der Waals surface area contributed by atoms with E-state index in [-0.39, 0.29) is 23.7 Å². The zero-order chi connectivity index (χ0) is 14.7. The fourth-order valence-electron chi connectivity index (χ4n) is 3.02. The lowest BCUT2D eigenvalue weighted by molar-refractivity contribution is -0.140. The lowest BCUT2D eigenvalue weighted by atomic mass is 9.85. The molecule has 1 fully saturated rings. The van der Waals surface area contributed by atoms with Gasteiger partial charge in [0.2, 0.25) is 11.8 Å². The van der Waals surface area contributed by atoms with Crippen molar-refractivity contribution in [1.82, 2.24) is 4.90 Å². The summed E-state index contributed by atoms with van der Waals surface area (Å²) in [4.78, 5) is 25.9. The second-order valence-electron chi connectivity index (χ2n) is 5.50. The molecule has 0 aromatic heterocycles. The van der Waals surface area contributed by atoms with Gasteiger partial charge in [-0.2, -0.15) is 0 Å². The number of ether oxygens (including phenoxy) is 1. The molecule has 4 nitrogen and oxygen atoms in total. The Morgan fingerprint density at radius 2 is 1.62 bits per heavy atom. The molecule has 1 saturated heterocycles. The van der Waals surface area contributed by atoms with Crippen LogP contribution in [0.2, 0.25) is 0 Å². The monoisotopic (exact) mass is 285 g/mol. The minimum atomic E-state index is -0.127. The summed E-state index contributed by atoms with van der Waals surface area (Å²) in [7, 11) is 0. The molecule has 1 aromatic rings. The van der Waals surface area contributed by atoms with Crippen molar-refractivity contribution in [3.8, 4) is 5.75 Å².